The Bertz CT molecular complexity index is 1210. The fraction of sp³-hybridized carbons (Fsp3) is 0.375. The number of nitrogens with zero attached hydrogens (tertiary/aromatic N) is 4. The third-order valence-electron chi connectivity index (χ3n) is 5.40. The Morgan fingerprint density at radius 3 is 2.61 bits per heavy atom. The smallest absolute Gasteiger partial charge is 0.258 e. The molecule has 0 unspecified atom stereocenters. The molecule has 31 heavy (non-hydrogen) atoms. The number of rotatable bonds is 7. The number of aromatic nitrogens is 4. The summed E-state index contributed by atoms with van der Waals surface area (Å²) in [6, 6.07) is 11.6. The minimum Gasteiger partial charge on any atom is -0.489 e. The first-order chi connectivity index (χ1) is 14.8. The Balaban J connectivity index is 1.60. The topological polar surface area (TPSA) is 66.0 Å². The lowest BCUT2D eigenvalue weighted by Crippen LogP contribution is -2.19. The van der Waals surface area contributed by atoms with Gasteiger partial charge in [0.1, 0.15) is 5.75 Å². The van der Waals surface area contributed by atoms with Crippen molar-refractivity contribution >= 4 is 22.5 Å². The molecule has 2 heterocycles. The second-order valence-corrected chi connectivity index (χ2v) is 9.24. The van der Waals surface area contributed by atoms with Crippen LogP contribution in [0.2, 0.25) is 5.02 Å². The molecule has 0 N–H and O–H groups in total. The molecule has 0 radical (unpaired) electrons. The highest BCUT2D eigenvalue weighted by Crippen LogP contribution is 2.32. The Kier molecular flexibility index (Phi) is 5.75. The zero-order valence-corrected chi connectivity index (χ0v) is 19.3. The van der Waals surface area contributed by atoms with Gasteiger partial charge in [0.25, 0.3) is 5.89 Å². The highest BCUT2D eigenvalue weighted by molar-refractivity contribution is 6.32. The van der Waals surface area contributed by atoms with Gasteiger partial charge in [-0.15, -0.1) is 0 Å². The van der Waals surface area contributed by atoms with Gasteiger partial charge in [-0.2, -0.15) is 10.1 Å². The number of hydrogen-bond donors (Lipinski definition) is 0. The molecule has 4 aromatic rings. The van der Waals surface area contributed by atoms with Crippen molar-refractivity contribution in [2.24, 2.45) is 5.41 Å². The summed E-state index contributed by atoms with van der Waals surface area (Å²) in [5.41, 5.74) is 2.91. The number of benzene rings is 2. The summed E-state index contributed by atoms with van der Waals surface area (Å²) in [5.74, 6) is 1.57. The minimum absolute atomic E-state index is 0.0469. The molecule has 2 aromatic carbocycles. The summed E-state index contributed by atoms with van der Waals surface area (Å²) in [6.45, 7) is 11.5. The van der Waals surface area contributed by atoms with Crippen molar-refractivity contribution in [1.82, 2.24) is 19.9 Å². The maximum atomic E-state index is 6.35. The Labute approximate surface area is 187 Å². The van der Waals surface area contributed by atoms with E-state index in [1.54, 1.807) is 6.07 Å². The van der Waals surface area contributed by atoms with E-state index in [2.05, 4.69) is 46.8 Å². The fourth-order valence-corrected chi connectivity index (χ4v) is 3.54. The number of fused-ring (bicyclic) bond motifs is 1. The van der Waals surface area contributed by atoms with Crippen molar-refractivity contribution in [3.8, 4) is 28.6 Å². The third-order valence-corrected chi connectivity index (χ3v) is 5.70. The van der Waals surface area contributed by atoms with Gasteiger partial charge in [0.2, 0.25) is 5.82 Å². The number of halogens is 1. The van der Waals surface area contributed by atoms with Crippen LogP contribution in [0.4, 0.5) is 0 Å². The van der Waals surface area contributed by atoms with Crippen molar-refractivity contribution in [3.05, 3.63) is 47.6 Å². The fourth-order valence-electron chi connectivity index (χ4n) is 3.31. The van der Waals surface area contributed by atoms with Crippen LogP contribution in [0.1, 0.15) is 41.0 Å². The Morgan fingerprint density at radius 1 is 1.13 bits per heavy atom. The lowest BCUT2D eigenvalue weighted by atomic mass is 9.90. The predicted molar refractivity (Wildman–Crippen MR) is 123 cm³/mol. The normalized spacial score (nSPS) is 12.1. The van der Waals surface area contributed by atoms with Crippen LogP contribution in [0.25, 0.3) is 33.7 Å². The molecular weight excluding hydrogens is 412 g/mol. The van der Waals surface area contributed by atoms with Crippen molar-refractivity contribution < 1.29 is 9.26 Å². The van der Waals surface area contributed by atoms with Crippen LogP contribution in [-0.4, -0.2) is 26.0 Å². The quantitative estimate of drug-likeness (QED) is 0.324. The van der Waals surface area contributed by atoms with E-state index in [-0.39, 0.29) is 11.5 Å². The average Bonchev–Trinajstić information content (AvgIpc) is 3.36. The van der Waals surface area contributed by atoms with E-state index in [9.17, 15) is 0 Å². The summed E-state index contributed by atoms with van der Waals surface area (Å²) in [6.07, 6.45) is 3.02. The predicted octanol–water partition coefficient (Wildman–Crippen LogP) is 6.63. The summed E-state index contributed by atoms with van der Waals surface area (Å²) < 4.78 is 13.2. The summed E-state index contributed by atoms with van der Waals surface area (Å²) in [5, 5.41) is 10.3. The van der Waals surface area contributed by atoms with E-state index < -0.39 is 0 Å². The molecule has 0 amide bonds. The molecule has 7 heteroatoms. The maximum absolute atomic E-state index is 6.35. The summed E-state index contributed by atoms with van der Waals surface area (Å²) in [4.78, 5) is 4.56. The molecule has 0 saturated carbocycles. The first-order valence-electron chi connectivity index (χ1n) is 10.5. The van der Waals surface area contributed by atoms with Gasteiger partial charge in [0.05, 0.1) is 22.8 Å². The van der Waals surface area contributed by atoms with Crippen LogP contribution in [0, 0.1) is 5.41 Å². The standard InChI is InChI=1S/C24H27ClN4O2/c1-6-24(4,5)14-29-20-9-7-16(11-18(20)13-26-29)22-27-23(31-28-22)17-8-10-21(19(25)12-17)30-15(2)3/h7-13,15H,6,14H2,1-5H3. The van der Waals surface area contributed by atoms with Gasteiger partial charge in [-0.05, 0) is 62.1 Å². The van der Waals surface area contributed by atoms with Gasteiger partial charge in [-0.1, -0.05) is 37.5 Å². The Morgan fingerprint density at radius 2 is 1.90 bits per heavy atom. The molecule has 0 aliphatic carbocycles. The molecule has 2 aromatic heterocycles. The van der Waals surface area contributed by atoms with E-state index in [1.165, 1.54) is 0 Å². The van der Waals surface area contributed by atoms with Crippen LogP contribution < -0.4 is 4.74 Å². The monoisotopic (exact) mass is 438 g/mol. The zero-order valence-electron chi connectivity index (χ0n) is 18.5. The lowest BCUT2D eigenvalue weighted by Gasteiger charge is -2.22. The molecule has 0 saturated heterocycles. The largest absolute Gasteiger partial charge is 0.489 e. The van der Waals surface area contributed by atoms with Gasteiger partial charge in [-0.25, -0.2) is 0 Å². The van der Waals surface area contributed by atoms with Crippen molar-refractivity contribution in [2.45, 2.75) is 53.7 Å². The molecule has 4 rings (SSSR count). The minimum atomic E-state index is 0.0469. The maximum Gasteiger partial charge on any atom is 0.258 e. The van der Waals surface area contributed by atoms with E-state index in [1.807, 2.05) is 44.3 Å². The van der Waals surface area contributed by atoms with Gasteiger partial charge in [-0.3, -0.25) is 4.68 Å². The van der Waals surface area contributed by atoms with Crippen LogP contribution in [0.15, 0.2) is 47.1 Å². The third kappa shape index (κ3) is 4.59. The van der Waals surface area contributed by atoms with Crippen molar-refractivity contribution in [2.75, 3.05) is 0 Å². The molecular formula is C24H27ClN4O2. The van der Waals surface area contributed by atoms with Gasteiger partial charge in [0.15, 0.2) is 0 Å². The first kappa shape index (κ1) is 21.4. The summed E-state index contributed by atoms with van der Waals surface area (Å²) in [7, 11) is 0. The molecule has 0 fully saturated rings. The molecule has 0 atom stereocenters. The van der Waals surface area contributed by atoms with Crippen LogP contribution in [0.3, 0.4) is 0 Å². The van der Waals surface area contributed by atoms with Crippen LogP contribution in [-0.2, 0) is 6.54 Å². The molecule has 0 aliphatic heterocycles. The van der Waals surface area contributed by atoms with E-state index in [4.69, 9.17) is 20.9 Å². The molecule has 0 aliphatic rings. The average molecular weight is 439 g/mol. The summed E-state index contributed by atoms with van der Waals surface area (Å²) >= 11 is 6.35. The van der Waals surface area contributed by atoms with Gasteiger partial charge >= 0.3 is 0 Å². The molecule has 0 spiro atoms. The van der Waals surface area contributed by atoms with Crippen molar-refractivity contribution in [3.63, 3.8) is 0 Å². The molecule has 6 nitrogen and oxygen atoms in total. The van der Waals surface area contributed by atoms with E-state index >= 15 is 0 Å². The second-order valence-electron chi connectivity index (χ2n) is 8.83. The van der Waals surface area contributed by atoms with Crippen molar-refractivity contribution in [1.29, 1.82) is 0 Å². The first-order valence-corrected chi connectivity index (χ1v) is 10.9. The highest BCUT2D eigenvalue weighted by Gasteiger charge is 2.18. The van der Waals surface area contributed by atoms with Gasteiger partial charge in [0, 0.05) is 23.1 Å². The number of ether oxygens (including phenoxy) is 1. The number of hydrogen-bond acceptors (Lipinski definition) is 5. The van der Waals surface area contributed by atoms with Crippen LogP contribution in [0.5, 0.6) is 5.75 Å². The lowest BCUT2D eigenvalue weighted by molar-refractivity contribution is 0.242. The van der Waals surface area contributed by atoms with E-state index in [0.29, 0.717) is 22.5 Å². The van der Waals surface area contributed by atoms with Gasteiger partial charge < -0.3 is 9.26 Å². The molecule has 0 bridgehead atoms. The van der Waals surface area contributed by atoms with E-state index in [0.717, 1.165) is 35.0 Å². The Hall–Kier alpha value is -2.86. The van der Waals surface area contributed by atoms with Crippen LogP contribution >= 0.6 is 11.6 Å². The second kappa shape index (κ2) is 8.35. The highest BCUT2D eigenvalue weighted by atomic mass is 35.5. The SMILES string of the molecule is CCC(C)(C)Cn1ncc2cc(-c3noc(-c4ccc(OC(C)C)c(Cl)c4)n3)ccc21. The zero-order chi connectivity index (χ0) is 22.2. The molecule has 162 valence electrons.